The number of carbonyl (C=O) groups excluding carboxylic acids is 3. The predicted molar refractivity (Wildman–Crippen MR) is 85.9 cm³/mol. The quantitative estimate of drug-likeness (QED) is 0.582. The van der Waals surface area contributed by atoms with Crippen molar-refractivity contribution in [3.63, 3.8) is 0 Å². The Labute approximate surface area is 138 Å². The number of halogens is 1. The lowest BCUT2D eigenvalue weighted by Gasteiger charge is -2.13. The van der Waals surface area contributed by atoms with Crippen molar-refractivity contribution in [1.29, 1.82) is 0 Å². The summed E-state index contributed by atoms with van der Waals surface area (Å²) in [6.45, 7) is 3.06. The second kappa shape index (κ2) is 6.76. The van der Waals surface area contributed by atoms with Crippen molar-refractivity contribution in [2.24, 2.45) is 0 Å². The molecule has 0 bridgehead atoms. The zero-order valence-electron chi connectivity index (χ0n) is 11.3. The molecule has 0 saturated carbocycles. The molecule has 1 fully saturated rings. The number of rotatable bonds is 4. The fourth-order valence-electron chi connectivity index (χ4n) is 1.60. The first-order valence-electron chi connectivity index (χ1n) is 6.07. The van der Waals surface area contributed by atoms with Gasteiger partial charge in [-0.2, -0.15) is 0 Å². The fourth-order valence-corrected chi connectivity index (χ4v) is 3.87. The maximum Gasteiger partial charge on any atom is 0.326 e. The summed E-state index contributed by atoms with van der Waals surface area (Å²) in [5, 5.41) is -0.456. The minimum Gasteiger partial charge on any atom is -0.462 e. The molecule has 0 radical (unpaired) electrons. The molecule has 1 aromatic heterocycles. The summed E-state index contributed by atoms with van der Waals surface area (Å²) in [6, 6.07) is 3.70. The molecule has 1 saturated heterocycles. The number of ether oxygens (including phenoxy) is 1. The first kappa shape index (κ1) is 16.3. The second-order valence-electron chi connectivity index (χ2n) is 4.45. The highest BCUT2D eigenvalue weighted by Crippen LogP contribution is 2.34. The first-order chi connectivity index (χ1) is 9.86. The first-order valence-corrected chi connectivity index (χ1v) is 8.49. The zero-order chi connectivity index (χ0) is 15.6. The van der Waals surface area contributed by atoms with Crippen LogP contribution in [0.25, 0.3) is 6.08 Å². The van der Waals surface area contributed by atoms with Gasteiger partial charge in [-0.25, -0.2) is 0 Å². The highest BCUT2D eigenvalue weighted by atomic mass is 79.9. The molecular formula is C13H12BrNO4S2. The van der Waals surface area contributed by atoms with Crippen molar-refractivity contribution in [3.05, 3.63) is 25.7 Å². The molecule has 1 aliphatic heterocycles. The number of nitrogens with zero attached hydrogens (tertiary/aromatic N) is 1. The minimum atomic E-state index is -0.590. The van der Waals surface area contributed by atoms with E-state index < -0.39 is 17.1 Å². The Hall–Kier alpha value is -1.12. The molecule has 0 N–H and O–H groups in total. The summed E-state index contributed by atoms with van der Waals surface area (Å²) in [5.41, 5.74) is 0. The van der Waals surface area contributed by atoms with Gasteiger partial charge in [0, 0.05) is 4.88 Å². The van der Waals surface area contributed by atoms with Crippen LogP contribution < -0.4 is 0 Å². The molecule has 112 valence electrons. The van der Waals surface area contributed by atoms with Crippen LogP contribution in [-0.2, 0) is 14.3 Å². The van der Waals surface area contributed by atoms with E-state index in [0.29, 0.717) is 4.91 Å². The summed E-state index contributed by atoms with van der Waals surface area (Å²) in [7, 11) is 0. The number of amides is 2. The summed E-state index contributed by atoms with van der Waals surface area (Å²) >= 11 is 5.62. The van der Waals surface area contributed by atoms with Gasteiger partial charge in [0.05, 0.1) is 14.8 Å². The van der Waals surface area contributed by atoms with Gasteiger partial charge < -0.3 is 4.74 Å². The van der Waals surface area contributed by atoms with E-state index in [1.54, 1.807) is 19.9 Å². The fraction of sp³-hybridized carbons (Fsp3) is 0.308. The van der Waals surface area contributed by atoms with Gasteiger partial charge in [-0.05, 0) is 59.7 Å². The summed E-state index contributed by atoms with van der Waals surface area (Å²) in [4.78, 5) is 37.6. The maximum absolute atomic E-state index is 12.1. The van der Waals surface area contributed by atoms with Crippen LogP contribution in [0, 0.1) is 0 Å². The normalized spacial score (nSPS) is 17.1. The van der Waals surface area contributed by atoms with Crippen LogP contribution in [0.15, 0.2) is 20.8 Å². The summed E-state index contributed by atoms with van der Waals surface area (Å²) in [5.74, 6) is -1.05. The van der Waals surface area contributed by atoms with Gasteiger partial charge in [0.25, 0.3) is 11.1 Å². The Morgan fingerprint density at radius 3 is 2.71 bits per heavy atom. The highest BCUT2D eigenvalue weighted by Gasteiger charge is 2.36. The predicted octanol–water partition coefficient (Wildman–Crippen LogP) is 3.50. The molecule has 0 unspecified atom stereocenters. The van der Waals surface area contributed by atoms with Gasteiger partial charge in [-0.15, -0.1) is 11.3 Å². The van der Waals surface area contributed by atoms with E-state index in [4.69, 9.17) is 4.74 Å². The second-order valence-corrected chi connectivity index (χ2v) is 7.94. The van der Waals surface area contributed by atoms with E-state index in [9.17, 15) is 14.4 Å². The average molecular weight is 390 g/mol. The Balaban J connectivity index is 2.09. The Bertz CT molecular complexity index is 623. The van der Waals surface area contributed by atoms with Crippen LogP contribution in [0.2, 0.25) is 0 Å². The molecule has 21 heavy (non-hydrogen) atoms. The molecule has 0 atom stereocenters. The Morgan fingerprint density at radius 2 is 2.14 bits per heavy atom. The van der Waals surface area contributed by atoms with Gasteiger partial charge in [0.1, 0.15) is 6.54 Å². The maximum atomic E-state index is 12.1. The standard InChI is InChI=1S/C13H12BrNO4S2/c1-7(2)19-11(16)6-15-12(17)9(21-13(15)18)5-8-3-4-10(14)20-8/h3-5,7H,6H2,1-2H3/b9-5+. The number of thiophene rings is 1. The number of carbonyl (C=O) groups is 3. The highest BCUT2D eigenvalue weighted by molar-refractivity contribution is 9.11. The van der Waals surface area contributed by atoms with E-state index in [1.165, 1.54) is 11.3 Å². The van der Waals surface area contributed by atoms with Crippen molar-refractivity contribution < 1.29 is 19.1 Å². The van der Waals surface area contributed by atoms with E-state index in [1.807, 2.05) is 12.1 Å². The Morgan fingerprint density at radius 1 is 1.43 bits per heavy atom. The monoisotopic (exact) mass is 389 g/mol. The summed E-state index contributed by atoms with van der Waals surface area (Å²) in [6.07, 6.45) is 1.37. The molecule has 1 aromatic rings. The number of thioether (sulfide) groups is 1. The third kappa shape index (κ3) is 4.18. The van der Waals surface area contributed by atoms with Gasteiger partial charge in [-0.1, -0.05) is 0 Å². The van der Waals surface area contributed by atoms with Crippen molar-refractivity contribution in [2.75, 3.05) is 6.54 Å². The molecule has 0 aromatic carbocycles. The van der Waals surface area contributed by atoms with Crippen LogP contribution in [-0.4, -0.2) is 34.7 Å². The lowest BCUT2D eigenvalue weighted by atomic mass is 10.3. The van der Waals surface area contributed by atoms with Gasteiger partial charge >= 0.3 is 5.97 Å². The van der Waals surface area contributed by atoms with Crippen LogP contribution in [0.4, 0.5) is 4.79 Å². The number of esters is 1. The smallest absolute Gasteiger partial charge is 0.326 e. The molecule has 0 spiro atoms. The molecule has 0 aliphatic carbocycles. The molecule has 2 rings (SSSR count). The lowest BCUT2D eigenvalue weighted by molar-refractivity contribution is -0.149. The van der Waals surface area contributed by atoms with Crippen molar-refractivity contribution in [1.82, 2.24) is 4.90 Å². The van der Waals surface area contributed by atoms with E-state index in [2.05, 4.69) is 15.9 Å². The third-order valence-electron chi connectivity index (χ3n) is 2.40. The van der Waals surface area contributed by atoms with Crippen LogP contribution in [0.5, 0.6) is 0 Å². The topological polar surface area (TPSA) is 63.7 Å². The average Bonchev–Trinajstić information content (AvgIpc) is 2.88. The van der Waals surface area contributed by atoms with Crippen molar-refractivity contribution >= 4 is 62.2 Å². The lowest BCUT2D eigenvalue weighted by Crippen LogP contribution is -2.35. The largest absolute Gasteiger partial charge is 0.462 e. The molecule has 2 heterocycles. The molecule has 5 nitrogen and oxygen atoms in total. The van der Waals surface area contributed by atoms with Crippen LogP contribution in [0.1, 0.15) is 18.7 Å². The van der Waals surface area contributed by atoms with E-state index >= 15 is 0 Å². The minimum absolute atomic E-state index is 0.281. The van der Waals surface area contributed by atoms with Crippen LogP contribution >= 0.6 is 39.0 Å². The van der Waals surface area contributed by atoms with Gasteiger partial charge in [0.2, 0.25) is 0 Å². The van der Waals surface area contributed by atoms with E-state index in [0.717, 1.165) is 25.3 Å². The molecular weight excluding hydrogens is 378 g/mol. The summed E-state index contributed by atoms with van der Waals surface area (Å²) < 4.78 is 5.89. The van der Waals surface area contributed by atoms with E-state index in [-0.39, 0.29) is 12.6 Å². The zero-order valence-corrected chi connectivity index (χ0v) is 14.5. The Kier molecular flexibility index (Phi) is 5.23. The number of imide groups is 1. The van der Waals surface area contributed by atoms with Gasteiger partial charge in [-0.3, -0.25) is 19.3 Å². The number of hydrogen-bond donors (Lipinski definition) is 0. The van der Waals surface area contributed by atoms with Crippen LogP contribution in [0.3, 0.4) is 0 Å². The van der Waals surface area contributed by atoms with Crippen molar-refractivity contribution in [2.45, 2.75) is 20.0 Å². The molecule has 8 heteroatoms. The molecule has 1 aliphatic rings. The van der Waals surface area contributed by atoms with Crippen molar-refractivity contribution in [3.8, 4) is 0 Å². The molecule has 2 amide bonds. The number of hydrogen-bond acceptors (Lipinski definition) is 6. The SMILES string of the molecule is CC(C)OC(=O)CN1C(=O)S/C(=C/c2ccc(Br)s2)C1=O. The van der Waals surface area contributed by atoms with Gasteiger partial charge in [0.15, 0.2) is 0 Å². The third-order valence-corrected chi connectivity index (χ3v) is 4.87.